The third kappa shape index (κ3) is 39.8. The molecule has 0 atom stereocenters. The predicted molar refractivity (Wildman–Crippen MR) is 284 cm³/mol. The Hall–Kier alpha value is -2.42. The molecule has 0 aliphatic heterocycles. The van der Waals surface area contributed by atoms with Gasteiger partial charge in [0.15, 0.2) is 0 Å². The normalized spacial score (nSPS) is 10.8. The van der Waals surface area contributed by atoms with Crippen molar-refractivity contribution in [2.75, 3.05) is 13.2 Å². The number of esters is 2. The van der Waals surface area contributed by atoms with Crippen molar-refractivity contribution >= 4 is 61.6 Å². The number of carbonyl (C=O) groups excluding carboxylic acids is 4. The van der Waals surface area contributed by atoms with E-state index < -0.39 is 23.9 Å². The van der Waals surface area contributed by atoms with Gasteiger partial charge < -0.3 is 29.3 Å². The molecule has 0 radical (unpaired) electrons. The summed E-state index contributed by atoms with van der Waals surface area (Å²) in [5, 5.41) is 22.1. The summed E-state index contributed by atoms with van der Waals surface area (Å²) >= 11 is 0. The minimum atomic E-state index is -1.36. The molecule has 0 unspecified atom stereocenters. The van der Waals surface area contributed by atoms with Crippen LogP contribution in [-0.2, 0) is 9.47 Å². The van der Waals surface area contributed by atoms with E-state index in [0.717, 1.165) is 38.5 Å². The Morgan fingerprint density at radius 1 is 0.304 bits per heavy atom. The van der Waals surface area contributed by atoms with Crippen molar-refractivity contribution in [3.63, 3.8) is 0 Å². The molecule has 69 heavy (non-hydrogen) atoms. The number of rotatable bonds is 46. The van der Waals surface area contributed by atoms with E-state index >= 15 is 0 Å². The van der Waals surface area contributed by atoms with Crippen LogP contribution in [0.25, 0.3) is 0 Å². The molecular formula is C60H98CaO8. The van der Waals surface area contributed by atoms with E-state index in [-0.39, 0.29) is 60.0 Å². The van der Waals surface area contributed by atoms with Crippen LogP contribution in [0, 0.1) is 0 Å². The predicted octanol–water partition coefficient (Wildman–Crippen LogP) is 15.7. The average molecular weight is 988 g/mol. The first-order valence-electron chi connectivity index (χ1n) is 28.3. The summed E-state index contributed by atoms with van der Waals surface area (Å²) in [5.41, 5.74) is -0.0988. The molecule has 0 heterocycles. The molecule has 0 amide bonds. The van der Waals surface area contributed by atoms with Gasteiger partial charge in [-0.15, -0.1) is 0 Å². The van der Waals surface area contributed by atoms with Gasteiger partial charge in [0.05, 0.1) is 36.3 Å². The van der Waals surface area contributed by atoms with Gasteiger partial charge in [-0.2, -0.15) is 0 Å². The van der Waals surface area contributed by atoms with Crippen LogP contribution in [0.4, 0.5) is 0 Å². The molecule has 0 aliphatic rings. The van der Waals surface area contributed by atoms with Gasteiger partial charge in [0.2, 0.25) is 0 Å². The molecule has 0 aromatic heterocycles. The van der Waals surface area contributed by atoms with E-state index in [1.54, 1.807) is 24.3 Å². The zero-order chi connectivity index (χ0) is 49.4. The van der Waals surface area contributed by atoms with Crippen LogP contribution in [0.5, 0.6) is 0 Å². The number of ether oxygens (including phenoxy) is 2. The molecule has 2 aromatic carbocycles. The van der Waals surface area contributed by atoms with Crippen LogP contribution in [0.2, 0.25) is 0 Å². The molecule has 0 fully saturated rings. The van der Waals surface area contributed by atoms with E-state index in [1.807, 2.05) is 0 Å². The van der Waals surface area contributed by atoms with E-state index in [9.17, 15) is 29.4 Å². The number of unbranched alkanes of at least 4 members (excludes halogenated alkanes) is 38. The minimum Gasteiger partial charge on any atom is -0.545 e. The summed E-state index contributed by atoms with van der Waals surface area (Å²) < 4.78 is 10.5. The number of benzene rings is 2. The first kappa shape index (κ1) is 66.6. The molecule has 0 saturated heterocycles. The van der Waals surface area contributed by atoms with Crippen LogP contribution in [0.3, 0.4) is 0 Å². The Morgan fingerprint density at radius 2 is 0.478 bits per heavy atom. The number of hydrogen-bond acceptors (Lipinski definition) is 8. The molecular weight excluding hydrogens is 889 g/mol. The minimum absolute atomic E-state index is 0. The van der Waals surface area contributed by atoms with Crippen molar-refractivity contribution in [1.82, 2.24) is 0 Å². The number of carboxylic acid groups (broad SMARTS) is 2. The summed E-state index contributed by atoms with van der Waals surface area (Å²) in [4.78, 5) is 46.3. The summed E-state index contributed by atoms with van der Waals surface area (Å²) in [7, 11) is 0. The number of carbonyl (C=O) groups is 4. The molecule has 0 aliphatic carbocycles. The van der Waals surface area contributed by atoms with Gasteiger partial charge in [-0.1, -0.05) is 294 Å². The van der Waals surface area contributed by atoms with Gasteiger partial charge in [-0.25, -0.2) is 9.59 Å². The van der Waals surface area contributed by atoms with Crippen LogP contribution in [-0.4, -0.2) is 74.8 Å². The Bertz CT molecular complexity index is 1400. The van der Waals surface area contributed by atoms with Crippen molar-refractivity contribution in [2.45, 2.75) is 271 Å². The SMILES string of the molecule is CCCCCCCCCCCCCCCCCCCCCCOC(=O)c1ccccc1C(=O)[O-].CCCCCCCCCCCCCCCCCCCCCCOC(=O)c1ccccc1C(=O)[O-].[Ca+2]. The number of hydrogen-bond donors (Lipinski definition) is 0. The van der Waals surface area contributed by atoms with Gasteiger partial charge in [0.1, 0.15) is 0 Å². The Morgan fingerprint density at radius 3 is 0.667 bits per heavy atom. The molecule has 0 saturated carbocycles. The van der Waals surface area contributed by atoms with E-state index in [0.29, 0.717) is 13.2 Å². The first-order chi connectivity index (χ1) is 33.3. The van der Waals surface area contributed by atoms with Gasteiger partial charge in [-0.05, 0) is 25.0 Å². The van der Waals surface area contributed by atoms with Crippen LogP contribution >= 0.6 is 0 Å². The fraction of sp³-hybridized carbons (Fsp3) is 0.733. The van der Waals surface area contributed by atoms with Gasteiger partial charge >= 0.3 is 49.7 Å². The second-order valence-electron chi connectivity index (χ2n) is 19.4. The van der Waals surface area contributed by atoms with Gasteiger partial charge in [-0.3, -0.25) is 0 Å². The summed E-state index contributed by atoms with van der Waals surface area (Å²) in [5.74, 6) is -3.88. The van der Waals surface area contributed by atoms with E-state index in [4.69, 9.17) is 9.47 Å². The van der Waals surface area contributed by atoms with Crippen LogP contribution in [0.1, 0.15) is 312 Å². The molecule has 2 rings (SSSR count). The maximum Gasteiger partial charge on any atom is 2.00 e. The monoisotopic (exact) mass is 987 g/mol. The maximum absolute atomic E-state index is 12.1. The van der Waals surface area contributed by atoms with Crippen molar-refractivity contribution in [3.05, 3.63) is 70.8 Å². The molecule has 8 nitrogen and oxygen atoms in total. The van der Waals surface area contributed by atoms with Crippen molar-refractivity contribution in [3.8, 4) is 0 Å². The Labute approximate surface area is 452 Å². The van der Waals surface area contributed by atoms with Crippen LogP contribution < -0.4 is 10.2 Å². The second-order valence-corrected chi connectivity index (χ2v) is 19.4. The van der Waals surface area contributed by atoms with Crippen molar-refractivity contribution < 1.29 is 38.9 Å². The third-order valence-electron chi connectivity index (χ3n) is 13.2. The summed E-state index contributed by atoms with van der Waals surface area (Å²) in [6.45, 7) is 5.22. The molecule has 0 bridgehead atoms. The van der Waals surface area contributed by atoms with E-state index in [2.05, 4.69) is 13.8 Å². The second kappa shape index (κ2) is 50.5. The first-order valence-corrected chi connectivity index (χ1v) is 28.3. The molecule has 2 aromatic rings. The fourth-order valence-corrected chi connectivity index (χ4v) is 8.88. The summed E-state index contributed by atoms with van der Waals surface area (Å²) in [6.07, 6.45) is 53.2. The van der Waals surface area contributed by atoms with Gasteiger partial charge in [0.25, 0.3) is 0 Å². The standard InChI is InChI=1S/2C30H50O4.Ca/c2*1-2-3-4-5-6-7-8-9-10-11-12-13-14-15-16-17-18-19-20-23-26-34-30(33)28-25-22-21-24-27(28)29(31)32;/h2*21-22,24-25H,2-20,23,26H2,1H3,(H,31,32);/q;;+2/p-2. The fourth-order valence-electron chi connectivity index (χ4n) is 8.88. The maximum atomic E-state index is 12.1. The quantitative estimate of drug-likeness (QED) is 0.0364. The zero-order valence-electron chi connectivity index (χ0n) is 44.3. The Balaban J connectivity index is 0.00000132. The number of aromatic carboxylic acids is 2. The average Bonchev–Trinajstić information content (AvgIpc) is 3.34. The smallest absolute Gasteiger partial charge is 0.545 e. The Kier molecular flexibility index (Phi) is 48.7. The van der Waals surface area contributed by atoms with Crippen molar-refractivity contribution in [2.24, 2.45) is 0 Å². The molecule has 9 heteroatoms. The van der Waals surface area contributed by atoms with Crippen molar-refractivity contribution in [1.29, 1.82) is 0 Å². The summed E-state index contributed by atoms with van der Waals surface area (Å²) in [6, 6.07) is 12.0. The molecule has 0 N–H and O–H groups in total. The van der Waals surface area contributed by atoms with Gasteiger partial charge in [0, 0.05) is 11.1 Å². The molecule has 0 spiro atoms. The zero-order valence-corrected chi connectivity index (χ0v) is 46.5. The van der Waals surface area contributed by atoms with Crippen LogP contribution in [0.15, 0.2) is 48.5 Å². The molecule has 388 valence electrons. The topological polar surface area (TPSA) is 133 Å². The third-order valence-corrected chi connectivity index (χ3v) is 13.2. The van der Waals surface area contributed by atoms with E-state index in [1.165, 1.54) is 243 Å². The number of carboxylic acids is 2. The largest absolute Gasteiger partial charge is 2.00 e.